The van der Waals surface area contributed by atoms with Crippen molar-refractivity contribution in [2.24, 2.45) is 0 Å². The van der Waals surface area contributed by atoms with E-state index in [2.05, 4.69) is 33.3 Å². The molecule has 7 nitrogen and oxygen atoms in total. The molecule has 0 saturated carbocycles. The van der Waals surface area contributed by atoms with Gasteiger partial charge in [0.1, 0.15) is 5.82 Å². The quantitative estimate of drug-likeness (QED) is 0.799. The van der Waals surface area contributed by atoms with Gasteiger partial charge in [0.05, 0.1) is 23.3 Å². The molecule has 4 heterocycles. The number of anilines is 1. The molecule has 5 rings (SSSR count). The minimum absolute atomic E-state index is 0.167. The molecule has 2 atom stereocenters. The van der Waals surface area contributed by atoms with Crippen LogP contribution in [-0.2, 0) is 4.79 Å². The molecule has 1 N–H and O–H groups in total. The number of thioether (sulfide) groups is 1. The molecule has 0 aliphatic carbocycles. The third kappa shape index (κ3) is 3.96. The fourth-order valence-corrected chi connectivity index (χ4v) is 5.52. The van der Waals surface area contributed by atoms with Gasteiger partial charge < -0.3 is 15.1 Å². The molecule has 2 aromatic rings. The summed E-state index contributed by atoms with van der Waals surface area (Å²) < 4.78 is 11.1. The maximum absolute atomic E-state index is 12.8. The van der Waals surface area contributed by atoms with Gasteiger partial charge in [-0.15, -0.1) is 11.8 Å². The summed E-state index contributed by atoms with van der Waals surface area (Å²) in [5.41, 5.74) is 2.06. The number of piperazine rings is 1. The second-order valence-corrected chi connectivity index (χ2v) is 9.28. The molecule has 0 spiro atoms. The predicted molar refractivity (Wildman–Crippen MR) is 121 cm³/mol. The van der Waals surface area contributed by atoms with Gasteiger partial charge in [-0.05, 0) is 25.5 Å². The number of rotatable bonds is 4. The van der Waals surface area contributed by atoms with Crippen LogP contribution in [0.25, 0.3) is 5.69 Å². The molecule has 1 aromatic heterocycles. The van der Waals surface area contributed by atoms with Gasteiger partial charge in [-0.25, -0.2) is 4.68 Å². The van der Waals surface area contributed by atoms with E-state index in [4.69, 9.17) is 6.47 Å². The van der Waals surface area contributed by atoms with Crippen molar-refractivity contribution in [1.82, 2.24) is 24.9 Å². The monoisotopic (exact) mass is 427 g/mol. The van der Waals surface area contributed by atoms with Gasteiger partial charge in [0.15, 0.2) is 0 Å². The maximum atomic E-state index is 12.8. The van der Waals surface area contributed by atoms with E-state index >= 15 is 0 Å². The van der Waals surface area contributed by atoms with E-state index in [1.54, 1.807) is 11.8 Å². The number of benzene rings is 1. The third-order valence-corrected chi connectivity index (χ3v) is 7.18. The maximum Gasteiger partial charge on any atom is 0.240 e. The molecule has 0 radical (unpaired) electrons. The number of carbonyl (C=O) groups excluding carboxylic acids is 1. The summed E-state index contributed by atoms with van der Waals surface area (Å²) >= 11 is 1.80. The molecule has 30 heavy (non-hydrogen) atoms. The van der Waals surface area contributed by atoms with Crippen molar-refractivity contribution in [3.05, 3.63) is 42.1 Å². The number of carbonyl (C=O) groups is 1. The first kappa shape index (κ1) is 18.7. The molecule has 3 fully saturated rings. The normalized spacial score (nSPS) is 28.2. The van der Waals surface area contributed by atoms with E-state index in [9.17, 15) is 4.79 Å². The molecule has 1 aromatic carbocycles. The van der Waals surface area contributed by atoms with Gasteiger partial charge >= 0.3 is 0 Å². The van der Waals surface area contributed by atoms with Crippen LogP contribution >= 0.6 is 11.8 Å². The van der Waals surface area contributed by atoms with Gasteiger partial charge in [0, 0.05) is 58.5 Å². The summed E-state index contributed by atoms with van der Waals surface area (Å²) in [5.74, 6) is 3.08. The fraction of sp³-hybridized carbons (Fsp3) is 0.545. The number of hydrogen-bond acceptors (Lipinski definition) is 6. The molecule has 0 unspecified atom stereocenters. The Bertz CT molecular complexity index is 925. The topological polar surface area (TPSA) is 56.6 Å². The summed E-state index contributed by atoms with van der Waals surface area (Å²) in [6.07, 6.45) is 0.564. The summed E-state index contributed by atoms with van der Waals surface area (Å²) in [7, 11) is 0. The number of aromatic nitrogens is 2. The van der Waals surface area contributed by atoms with Crippen LogP contribution in [-0.4, -0.2) is 88.4 Å². The van der Waals surface area contributed by atoms with Crippen molar-refractivity contribution in [3.8, 4) is 5.69 Å². The van der Waals surface area contributed by atoms with Crippen LogP contribution in [0.5, 0.6) is 0 Å². The molecule has 1 amide bonds. The largest absolute Gasteiger partial charge is 0.354 e. The molecular weight excluding hydrogens is 396 g/mol. The number of aryl methyl sites for hydroxylation is 1. The minimum Gasteiger partial charge on any atom is -0.354 e. The zero-order chi connectivity index (χ0) is 21.4. The Kier molecular flexibility index (Phi) is 5.37. The highest BCUT2D eigenvalue weighted by Gasteiger charge is 2.36. The fourth-order valence-electron chi connectivity index (χ4n) is 4.57. The molecule has 3 aliphatic rings. The predicted octanol–water partition coefficient (Wildman–Crippen LogP) is 1.57. The van der Waals surface area contributed by atoms with E-state index in [-0.39, 0.29) is 11.9 Å². The smallest absolute Gasteiger partial charge is 0.240 e. The van der Waals surface area contributed by atoms with E-state index in [0.29, 0.717) is 13.0 Å². The Hall–Kier alpha value is -2.03. The van der Waals surface area contributed by atoms with Crippen molar-refractivity contribution >= 4 is 23.5 Å². The van der Waals surface area contributed by atoms with Crippen LogP contribution in [0.2, 0.25) is 0 Å². The first-order chi connectivity index (χ1) is 15.0. The molecule has 3 aliphatic heterocycles. The molecule has 3 saturated heterocycles. The lowest BCUT2D eigenvalue weighted by molar-refractivity contribution is -0.131. The summed E-state index contributed by atoms with van der Waals surface area (Å²) in [4.78, 5) is 19.3. The highest BCUT2D eigenvalue weighted by atomic mass is 32.2. The average molecular weight is 428 g/mol. The molecule has 0 bridgehead atoms. The van der Waals surface area contributed by atoms with Gasteiger partial charge in [-0.3, -0.25) is 9.69 Å². The lowest BCUT2D eigenvalue weighted by atomic mass is 10.1. The number of para-hydroxylation sites is 1. The molecule has 160 valence electrons. The van der Waals surface area contributed by atoms with Crippen molar-refractivity contribution in [2.75, 3.05) is 55.8 Å². The highest BCUT2D eigenvalue weighted by molar-refractivity contribution is 7.99. The molecular formula is C22H30N6OS. The number of nitrogens with one attached hydrogen (secondary N) is 1. The Balaban J connectivity index is 1.24. The first-order valence-electron chi connectivity index (χ1n) is 11.3. The lowest BCUT2D eigenvalue weighted by Crippen LogP contribution is -2.51. The Labute approximate surface area is 183 Å². The van der Waals surface area contributed by atoms with Crippen LogP contribution in [0.4, 0.5) is 5.82 Å². The van der Waals surface area contributed by atoms with Gasteiger partial charge in [-0.1, -0.05) is 18.2 Å². The van der Waals surface area contributed by atoms with Crippen LogP contribution < -0.4 is 10.2 Å². The van der Waals surface area contributed by atoms with Crippen molar-refractivity contribution < 1.29 is 6.17 Å². The highest BCUT2D eigenvalue weighted by Crippen LogP contribution is 2.25. The van der Waals surface area contributed by atoms with Gasteiger partial charge in [0.2, 0.25) is 5.91 Å². The summed E-state index contributed by atoms with van der Waals surface area (Å²) in [6, 6.07) is 11.4. The Morgan fingerprint density at radius 3 is 2.73 bits per heavy atom. The summed E-state index contributed by atoms with van der Waals surface area (Å²) in [5, 5.41) is 8.04. The van der Waals surface area contributed by atoms with Crippen molar-refractivity contribution in [1.29, 1.82) is 0 Å². The van der Waals surface area contributed by atoms with Crippen molar-refractivity contribution in [3.63, 3.8) is 0 Å². The van der Waals surface area contributed by atoms with E-state index in [1.807, 2.05) is 34.7 Å². The van der Waals surface area contributed by atoms with Gasteiger partial charge in [0.25, 0.3) is 0 Å². The second kappa shape index (κ2) is 8.61. The summed E-state index contributed by atoms with van der Waals surface area (Å²) in [6.45, 7) is 6.72. The third-order valence-electron chi connectivity index (χ3n) is 6.22. The van der Waals surface area contributed by atoms with E-state index in [1.165, 1.54) is 0 Å². The van der Waals surface area contributed by atoms with Crippen LogP contribution in [0.1, 0.15) is 13.5 Å². The number of amides is 1. The average Bonchev–Trinajstić information content (AvgIpc) is 3.55. The Morgan fingerprint density at radius 1 is 1.20 bits per heavy atom. The lowest BCUT2D eigenvalue weighted by Gasteiger charge is -2.38. The van der Waals surface area contributed by atoms with Crippen LogP contribution in [0.3, 0.4) is 0 Å². The second-order valence-electron chi connectivity index (χ2n) is 8.21. The Morgan fingerprint density at radius 2 is 2.00 bits per heavy atom. The zero-order valence-corrected chi connectivity index (χ0v) is 18.3. The standard InChI is InChI=1S/C22H30N6OS/c1-17-13-21(28(24-17)18-5-3-2-4-6-18)26-9-7-25(8-10-26)19-14-20(23-15-19)22(29)27-11-12-30-16-27/h2-6,13,19-20,23H,7-12,14-16H2,1H3/t19-,20-/m0/s1/i19D. The molecule has 8 heteroatoms. The number of nitrogens with zero attached hydrogens (tertiary/aromatic N) is 5. The van der Waals surface area contributed by atoms with Crippen LogP contribution in [0.15, 0.2) is 36.4 Å². The zero-order valence-electron chi connectivity index (χ0n) is 18.5. The SMILES string of the molecule is [2H][C@@]1(N2CCN(c3cc(C)nn3-c3ccccc3)CC2)CN[C@H](C(=O)N2CCSC2)C1. The first-order valence-corrected chi connectivity index (χ1v) is 11.9. The van der Waals surface area contributed by atoms with Crippen LogP contribution in [0, 0.1) is 6.92 Å². The van der Waals surface area contributed by atoms with E-state index < -0.39 is 6.02 Å². The van der Waals surface area contributed by atoms with Crippen molar-refractivity contribution in [2.45, 2.75) is 25.4 Å². The van der Waals surface area contributed by atoms with E-state index in [0.717, 1.165) is 61.6 Å². The number of hydrogen-bond donors (Lipinski definition) is 1. The minimum atomic E-state index is -0.713. The van der Waals surface area contributed by atoms with Gasteiger partial charge in [-0.2, -0.15) is 5.10 Å².